The molecule has 0 unspecified atom stereocenters. The molecule has 2 aromatic carbocycles. The molecule has 1 aliphatic rings. The first-order valence-corrected chi connectivity index (χ1v) is 11.5. The molecule has 0 radical (unpaired) electrons. The maximum atomic E-state index is 11.7. The Hall–Kier alpha value is -4.17. The summed E-state index contributed by atoms with van der Waals surface area (Å²) in [7, 11) is 1.64. The summed E-state index contributed by atoms with van der Waals surface area (Å²) in [6.45, 7) is 0.547. The SMILES string of the molecule is COc1ccc(CN2C(=S)N[C@@H](c3ccccn3)[C@@H]2c2ccc(-c3ccccc3C(=O)O)o2)cc1. The zero-order valence-electron chi connectivity index (χ0n) is 18.9. The number of rotatable bonds is 7. The Labute approximate surface area is 208 Å². The molecule has 0 amide bonds. The van der Waals surface area contributed by atoms with Gasteiger partial charge in [0.25, 0.3) is 0 Å². The molecule has 2 atom stereocenters. The minimum absolute atomic E-state index is 0.185. The normalized spacial score (nSPS) is 17.3. The summed E-state index contributed by atoms with van der Waals surface area (Å²) in [5.41, 5.74) is 2.60. The second-order valence-corrected chi connectivity index (χ2v) is 8.54. The minimum atomic E-state index is -1.00. The topological polar surface area (TPSA) is 87.8 Å². The van der Waals surface area contributed by atoms with Crippen LogP contribution >= 0.6 is 12.2 Å². The summed E-state index contributed by atoms with van der Waals surface area (Å²) in [6.07, 6.45) is 1.75. The standard InChI is InChI=1S/C27H23N3O4S/c1-33-18-11-9-17(10-12-18)16-30-25(24(29-27(30)35)21-8-4-5-15-28-21)23-14-13-22(34-23)19-6-2-3-7-20(19)26(31)32/h2-15,24-25H,16H2,1H3,(H,29,35)(H,31,32)/t24-,25-/m0/s1. The number of nitrogens with one attached hydrogen (secondary N) is 1. The van der Waals surface area contributed by atoms with Crippen LogP contribution in [0.1, 0.15) is 39.5 Å². The van der Waals surface area contributed by atoms with E-state index in [2.05, 4.69) is 15.2 Å². The van der Waals surface area contributed by atoms with Gasteiger partial charge in [0.2, 0.25) is 0 Å². The van der Waals surface area contributed by atoms with E-state index in [-0.39, 0.29) is 17.6 Å². The fourth-order valence-corrected chi connectivity index (χ4v) is 4.66. The molecule has 1 saturated heterocycles. The van der Waals surface area contributed by atoms with Gasteiger partial charge >= 0.3 is 5.97 Å². The van der Waals surface area contributed by atoms with Gasteiger partial charge in [0.05, 0.1) is 24.4 Å². The van der Waals surface area contributed by atoms with E-state index < -0.39 is 5.97 Å². The second-order valence-electron chi connectivity index (χ2n) is 8.16. The number of aromatic carboxylic acids is 1. The first-order valence-electron chi connectivity index (χ1n) is 11.1. The Balaban J connectivity index is 1.54. The van der Waals surface area contributed by atoms with Crippen molar-refractivity contribution in [2.45, 2.75) is 18.6 Å². The van der Waals surface area contributed by atoms with Crippen molar-refractivity contribution in [3.05, 3.63) is 108 Å². The molecule has 0 saturated carbocycles. The summed E-state index contributed by atoms with van der Waals surface area (Å²) in [4.78, 5) is 18.4. The highest BCUT2D eigenvalue weighted by atomic mass is 32.1. The van der Waals surface area contributed by atoms with Crippen molar-refractivity contribution in [1.29, 1.82) is 0 Å². The molecule has 2 N–H and O–H groups in total. The predicted molar refractivity (Wildman–Crippen MR) is 135 cm³/mol. The van der Waals surface area contributed by atoms with Gasteiger partial charge in [0, 0.05) is 18.3 Å². The molecule has 7 nitrogen and oxygen atoms in total. The van der Waals surface area contributed by atoms with E-state index in [1.54, 1.807) is 43.6 Å². The number of methoxy groups -OCH3 is 1. The lowest BCUT2D eigenvalue weighted by Gasteiger charge is -2.26. The fourth-order valence-electron chi connectivity index (χ4n) is 4.35. The van der Waals surface area contributed by atoms with E-state index in [1.807, 2.05) is 48.5 Å². The van der Waals surface area contributed by atoms with Crippen molar-refractivity contribution in [2.75, 3.05) is 7.11 Å². The van der Waals surface area contributed by atoms with Crippen LogP contribution in [-0.4, -0.2) is 33.2 Å². The number of carbonyl (C=O) groups is 1. The maximum Gasteiger partial charge on any atom is 0.336 e. The molecule has 1 fully saturated rings. The third kappa shape index (κ3) is 4.48. The summed E-state index contributed by atoms with van der Waals surface area (Å²) < 4.78 is 11.6. The molecule has 0 spiro atoms. The lowest BCUT2D eigenvalue weighted by molar-refractivity contribution is 0.0697. The lowest BCUT2D eigenvalue weighted by atomic mass is 10.0. The molecule has 2 aromatic heterocycles. The van der Waals surface area contributed by atoms with Crippen LogP contribution in [0.15, 0.2) is 89.5 Å². The molecule has 0 aliphatic carbocycles. The van der Waals surface area contributed by atoms with Crippen LogP contribution in [0.25, 0.3) is 11.3 Å². The summed E-state index contributed by atoms with van der Waals surface area (Å²) in [5.74, 6) is 0.929. The van der Waals surface area contributed by atoms with Crippen LogP contribution in [0.2, 0.25) is 0 Å². The highest BCUT2D eigenvalue weighted by Gasteiger charge is 2.41. The summed E-state index contributed by atoms with van der Waals surface area (Å²) in [5, 5.41) is 13.6. The number of hydrogen-bond acceptors (Lipinski definition) is 5. The molecular weight excluding hydrogens is 462 g/mol. The van der Waals surface area contributed by atoms with E-state index >= 15 is 0 Å². The molecule has 3 heterocycles. The first-order chi connectivity index (χ1) is 17.0. The van der Waals surface area contributed by atoms with E-state index in [0.29, 0.717) is 28.7 Å². The van der Waals surface area contributed by atoms with Crippen molar-refractivity contribution in [1.82, 2.24) is 15.2 Å². The number of furan rings is 1. The molecule has 4 aromatic rings. The lowest BCUT2D eigenvalue weighted by Crippen LogP contribution is -2.29. The largest absolute Gasteiger partial charge is 0.497 e. The number of nitrogens with zero attached hydrogens (tertiary/aromatic N) is 2. The number of benzene rings is 2. The van der Waals surface area contributed by atoms with Gasteiger partial charge in [-0.1, -0.05) is 36.4 Å². The van der Waals surface area contributed by atoms with Gasteiger partial charge in [-0.3, -0.25) is 4.98 Å². The van der Waals surface area contributed by atoms with E-state index in [4.69, 9.17) is 21.4 Å². The Morgan fingerprint density at radius 3 is 2.57 bits per heavy atom. The third-order valence-corrected chi connectivity index (χ3v) is 6.40. The van der Waals surface area contributed by atoms with Gasteiger partial charge in [0.15, 0.2) is 5.11 Å². The van der Waals surface area contributed by atoms with Crippen LogP contribution in [0, 0.1) is 0 Å². The quantitative estimate of drug-likeness (QED) is 0.345. The highest BCUT2D eigenvalue weighted by Crippen LogP contribution is 2.41. The number of aromatic nitrogens is 1. The zero-order chi connectivity index (χ0) is 24.4. The monoisotopic (exact) mass is 485 g/mol. The molecule has 5 rings (SSSR count). The Morgan fingerprint density at radius 2 is 1.86 bits per heavy atom. The minimum Gasteiger partial charge on any atom is -0.497 e. The van der Waals surface area contributed by atoms with Crippen molar-refractivity contribution < 1.29 is 19.1 Å². The number of ether oxygens (including phenoxy) is 1. The van der Waals surface area contributed by atoms with Crippen LogP contribution in [0.3, 0.4) is 0 Å². The number of carboxylic acid groups (broad SMARTS) is 1. The number of pyridine rings is 1. The number of carboxylic acids is 1. The maximum absolute atomic E-state index is 11.7. The number of hydrogen-bond donors (Lipinski definition) is 2. The molecular formula is C27H23N3O4S. The average molecular weight is 486 g/mol. The van der Waals surface area contributed by atoms with Gasteiger partial charge in [-0.15, -0.1) is 0 Å². The summed E-state index contributed by atoms with van der Waals surface area (Å²) >= 11 is 5.74. The smallest absolute Gasteiger partial charge is 0.336 e. The van der Waals surface area contributed by atoms with Crippen molar-refractivity contribution in [2.24, 2.45) is 0 Å². The second kappa shape index (κ2) is 9.60. The Morgan fingerprint density at radius 1 is 1.09 bits per heavy atom. The zero-order valence-corrected chi connectivity index (χ0v) is 19.7. The van der Waals surface area contributed by atoms with Crippen LogP contribution in [0.4, 0.5) is 0 Å². The first kappa shape index (κ1) is 22.6. The molecule has 35 heavy (non-hydrogen) atoms. The number of thiocarbonyl (C=S) groups is 1. The molecule has 1 aliphatic heterocycles. The predicted octanol–water partition coefficient (Wildman–Crippen LogP) is 5.22. The van der Waals surface area contributed by atoms with E-state index in [1.165, 1.54) is 0 Å². The fraction of sp³-hybridized carbons (Fsp3) is 0.148. The van der Waals surface area contributed by atoms with Crippen LogP contribution in [0.5, 0.6) is 5.75 Å². The Bertz CT molecular complexity index is 1350. The highest BCUT2D eigenvalue weighted by molar-refractivity contribution is 7.80. The molecule has 176 valence electrons. The molecule has 8 heteroatoms. The third-order valence-electron chi connectivity index (χ3n) is 6.05. The van der Waals surface area contributed by atoms with Gasteiger partial charge in [-0.25, -0.2) is 4.79 Å². The Kier molecular flexibility index (Phi) is 6.20. The van der Waals surface area contributed by atoms with E-state index in [0.717, 1.165) is 17.0 Å². The average Bonchev–Trinajstić information content (AvgIpc) is 3.50. The van der Waals surface area contributed by atoms with Crippen LogP contribution in [-0.2, 0) is 6.54 Å². The molecule has 0 bridgehead atoms. The van der Waals surface area contributed by atoms with Crippen molar-refractivity contribution in [3.63, 3.8) is 0 Å². The summed E-state index contributed by atoms with van der Waals surface area (Å²) in [6, 6.07) is 23.6. The van der Waals surface area contributed by atoms with Gasteiger partial charge in [-0.2, -0.15) is 0 Å². The van der Waals surface area contributed by atoms with Gasteiger partial charge < -0.3 is 24.5 Å². The van der Waals surface area contributed by atoms with Crippen LogP contribution < -0.4 is 10.1 Å². The van der Waals surface area contributed by atoms with Gasteiger partial charge in [-0.05, 0) is 60.2 Å². The van der Waals surface area contributed by atoms with Crippen molar-refractivity contribution in [3.8, 4) is 17.1 Å². The van der Waals surface area contributed by atoms with Gasteiger partial charge in [0.1, 0.15) is 23.3 Å². The van der Waals surface area contributed by atoms with Crippen molar-refractivity contribution >= 4 is 23.3 Å². The van der Waals surface area contributed by atoms with E-state index in [9.17, 15) is 9.90 Å².